The number of rotatable bonds is 3. The molecule has 0 radical (unpaired) electrons. The van der Waals surface area contributed by atoms with Gasteiger partial charge in [-0.25, -0.2) is 0 Å². The number of para-hydroxylation sites is 1. The number of hydrogen-bond acceptors (Lipinski definition) is 4. The van der Waals surface area contributed by atoms with E-state index in [2.05, 4.69) is 11.9 Å². The van der Waals surface area contributed by atoms with Crippen LogP contribution in [0, 0.1) is 0 Å². The predicted octanol–water partition coefficient (Wildman–Crippen LogP) is 2.96. The molecule has 98 valence electrons. The van der Waals surface area contributed by atoms with Gasteiger partial charge in [0.2, 0.25) is 10.8 Å². The summed E-state index contributed by atoms with van der Waals surface area (Å²) in [4.78, 5) is 17.2. The number of fused-ring (bicyclic) bond motifs is 3. The minimum atomic E-state index is -0.145. The van der Waals surface area contributed by atoms with Crippen molar-refractivity contribution in [3.05, 3.63) is 40.2 Å². The predicted molar refractivity (Wildman–Crippen MR) is 77.1 cm³/mol. The highest BCUT2D eigenvalue weighted by atomic mass is 32.1. The number of nitrogens with zero attached hydrogens (tertiary/aromatic N) is 2. The number of aromatic nitrogens is 2. The highest BCUT2D eigenvalue weighted by Gasteiger charge is 2.15. The van der Waals surface area contributed by atoms with E-state index in [0.29, 0.717) is 16.9 Å². The molecule has 3 rings (SSSR count). The third kappa shape index (κ3) is 1.90. The summed E-state index contributed by atoms with van der Waals surface area (Å²) in [6.07, 6.45) is 2.42. The smallest absolute Gasteiger partial charge is 0.266 e. The first kappa shape index (κ1) is 12.2. The lowest BCUT2D eigenvalue weighted by Crippen LogP contribution is -2.18. The van der Waals surface area contributed by atoms with Gasteiger partial charge in [-0.1, -0.05) is 36.8 Å². The van der Waals surface area contributed by atoms with E-state index in [1.165, 1.54) is 11.3 Å². The van der Waals surface area contributed by atoms with Crippen molar-refractivity contribution in [1.29, 1.82) is 0 Å². The summed E-state index contributed by atoms with van der Waals surface area (Å²) in [6, 6.07) is 7.69. The van der Waals surface area contributed by atoms with E-state index >= 15 is 0 Å². The van der Waals surface area contributed by atoms with Crippen molar-refractivity contribution in [2.45, 2.75) is 26.2 Å². The van der Waals surface area contributed by atoms with E-state index < -0.39 is 0 Å². The van der Waals surface area contributed by atoms with Crippen LogP contribution in [0.2, 0.25) is 0 Å². The molecular weight excluding hydrogens is 260 g/mol. The van der Waals surface area contributed by atoms with Crippen LogP contribution >= 0.6 is 11.3 Å². The number of unbranched alkanes of at least 4 members (excludes halogenated alkanes) is 1. The van der Waals surface area contributed by atoms with Gasteiger partial charge in [-0.2, -0.15) is 4.98 Å². The molecule has 0 aliphatic rings. The Kier molecular flexibility index (Phi) is 2.98. The zero-order valence-electron chi connectivity index (χ0n) is 10.6. The Morgan fingerprint density at radius 3 is 2.95 bits per heavy atom. The zero-order chi connectivity index (χ0) is 13.4. The summed E-state index contributed by atoms with van der Waals surface area (Å²) in [5.41, 5.74) is 1.13. The van der Waals surface area contributed by atoms with Crippen LogP contribution in [0.5, 0.6) is 5.88 Å². The molecule has 0 bridgehead atoms. The molecule has 1 N–H and O–H groups in total. The Morgan fingerprint density at radius 2 is 2.16 bits per heavy atom. The molecule has 0 saturated carbocycles. The first-order chi connectivity index (χ1) is 9.22. The van der Waals surface area contributed by atoms with Gasteiger partial charge in [0, 0.05) is 0 Å². The van der Waals surface area contributed by atoms with E-state index in [9.17, 15) is 9.90 Å². The molecule has 0 atom stereocenters. The van der Waals surface area contributed by atoms with Crippen LogP contribution in [0.15, 0.2) is 29.1 Å². The molecular formula is C14H14N2O2S. The molecule has 0 unspecified atom stereocenters. The van der Waals surface area contributed by atoms with Crippen molar-refractivity contribution in [1.82, 2.24) is 9.38 Å². The van der Waals surface area contributed by atoms with Crippen LogP contribution in [0.3, 0.4) is 0 Å². The fourth-order valence-electron chi connectivity index (χ4n) is 2.21. The van der Waals surface area contributed by atoms with Gasteiger partial charge in [0.1, 0.15) is 0 Å². The lowest BCUT2D eigenvalue weighted by Gasteiger charge is -2.03. The maximum atomic E-state index is 12.5. The Morgan fingerprint density at radius 1 is 1.37 bits per heavy atom. The van der Waals surface area contributed by atoms with E-state index in [4.69, 9.17) is 0 Å². The molecule has 4 nitrogen and oxygen atoms in total. The zero-order valence-corrected chi connectivity index (χ0v) is 11.4. The normalized spacial score (nSPS) is 11.4. The number of hydrogen-bond donors (Lipinski definition) is 1. The van der Waals surface area contributed by atoms with Gasteiger partial charge >= 0.3 is 0 Å². The van der Waals surface area contributed by atoms with Gasteiger partial charge in [-0.3, -0.25) is 9.20 Å². The molecule has 5 heteroatoms. The quantitative estimate of drug-likeness (QED) is 0.799. The third-order valence-corrected chi connectivity index (χ3v) is 4.23. The van der Waals surface area contributed by atoms with Gasteiger partial charge in [-0.15, -0.1) is 0 Å². The average Bonchev–Trinajstić information content (AvgIpc) is 2.76. The van der Waals surface area contributed by atoms with E-state index in [-0.39, 0.29) is 11.4 Å². The molecule has 0 aliphatic carbocycles. The molecule has 2 heterocycles. The van der Waals surface area contributed by atoms with E-state index in [1.54, 1.807) is 4.40 Å². The maximum Gasteiger partial charge on any atom is 0.266 e. The minimum Gasteiger partial charge on any atom is -0.493 e. The molecule has 3 aromatic rings. The highest BCUT2D eigenvalue weighted by molar-refractivity contribution is 7.23. The lowest BCUT2D eigenvalue weighted by atomic mass is 10.1. The lowest BCUT2D eigenvalue weighted by molar-refractivity contribution is 0.444. The fraction of sp³-hybridized carbons (Fsp3) is 0.286. The molecule has 0 spiro atoms. The van der Waals surface area contributed by atoms with Crippen molar-refractivity contribution in [2.24, 2.45) is 0 Å². The standard InChI is InChI=1S/C14H14N2O2S/c1-2-3-6-9-12(17)15-14-16(13(9)18)10-7-4-5-8-11(10)19-14/h4-5,7-8,17H,2-3,6H2,1H3. The van der Waals surface area contributed by atoms with Crippen LogP contribution < -0.4 is 5.56 Å². The molecule has 0 aliphatic heterocycles. The van der Waals surface area contributed by atoms with Crippen LogP contribution in [-0.2, 0) is 6.42 Å². The minimum absolute atomic E-state index is 0.120. The Balaban J connectivity index is 2.35. The van der Waals surface area contributed by atoms with Crippen LogP contribution in [0.4, 0.5) is 0 Å². The molecule has 19 heavy (non-hydrogen) atoms. The van der Waals surface area contributed by atoms with Crippen LogP contribution in [0.25, 0.3) is 15.2 Å². The number of benzene rings is 1. The highest BCUT2D eigenvalue weighted by Crippen LogP contribution is 2.25. The molecule has 0 amide bonds. The van der Waals surface area contributed by atoms with E-state index in [0.717, 1.165) is 23.1 Å². The Hall–Kier alpha value is -1.88. The summed E-state index contributed by atoms with van der Waals surface area (Å²) < 4.78 is 2.60. The third-order valence-electron chi connectivity index (χ3n) is 3.21. The average molecular weight is 274 g/mol. The molecule has 0 fully saturated rings. The van der Waals surface area contributed by atoms with Gasteiger partial charge in [-0.05, 0) is 25.0 Å². The van der Waals surface area contributed by atoms with Crippen molar-refractivity contribution < 1.29 is 5.11 Å². The maximum absolute atomic E-state index is 12.5. The van der Waals surface area contributed by atoms with Gasteiger partial charge < -0.3 is 5.11 Å². The first-order valence-corrected chi connectivity index (χ1v) is 7.16. The van der Waals surface area contributed by atoms with Crippen molar-refractivity contribution >= 4 is 26.5 Å². The van der Waals surface area contributed by atoms with Gasteiger partial charge in [0.15, 0.2) is 0 Å². The second kappa shape index (κ2) is 4.66. The molecule has 1 aromatic carbocycles. The Bertz CT molecular complexity index is 804. The summed E-state index contributed by atoms with van der Waals surface area (Å²) in [6.45, 7) is 2.06. The number of aromatic hydroxyl groups is 1. The second-order valence-electron chi connectivity index (χ2n) is 4.51. The van der Waals surface area contributed by atoms with Crippen molar-refractivity contribution in [3.63, 3.8) is 0 Å². The van der Waals surface area contributed by atoms with E-state index in [1.807, 2.05) is 24.3 Å². The molecule has 0 saturated heterocycles. The van der Waals surface area contributed by atoms with Gasteiger partial charge in [0.25, 0.3) is 5.56 Å². The van der Waals surface area contributed by atoms with Crippen molar-refractivity contribution in [3.8, 4) is 5.88 Å². The van der Waals surface area contributed by atoms with Gasteiger partial charge in [0.05, 0.1) is 15.8 Å². The summed E-state index contributed by atoms with van der Waals surface area (Å²) in [5.74, 6) is -0.120. The van der Waals surface area contributed by atoms with Crippen molar-refractivity contribution in [2.75, 3.05) is 0 Å². The summed E-state index contributed by atoms with van der Waals surface area (Å²) in [5, 5.41) is 9.92. The van der Waals surface area contributed by atoms with Crippen LogP contribution in [-0.4, -0.2) is 14.5 Å². The molecule has 2 aromatic heterocycles. The largest absolute Gasteiger partial charge is 0.493 e. The monoisotopic (exact) mass is 274 g/mol. The SMILES string of the molecule is CCCCc1c(O)nc2sc3ccccc3n2c1=O. The topological polar surface area (TPSA) is 54.6 Å². The first-order valence-electron chi connectivity index (χ1n) is 6.34. The second-order valence-corrected chi connectivity index (χ2v) is 5.52. The fourth-order valence-corrected chi connectivity index (χ4v) is 3.22. The summed E-state index contributed by atoms with van der Waals surface area (Å²) >= 11 is 1.41. The summed E-state index contributed by atoms with van der Waals surface area (Å²) in [7, 11) is 0. The van der Waals surface area contributed by atoms with Crippen LogP contribution in [0.1, 0.15) is 25.3 Å². The Labute approximate surface area is 114 Å². The number of thiazole rings is 1.